The molecule has 0 saturated heterocycles. The van der Waals surface area contributed by atoms with E-state index >= 15 is 0 Å². The lowest BCUT2D eigenvalue weighted by Gasteiger charge is -2.33. The number of benzene rings is 1. The van der Waals surface area contributed by atoms with Crippen molar-refractivity contribution in [2.75, 3.05) is 14.2 Å². The minimum Gasteiger partial charge on any atom is -0.497 e. The quantitative estimate of drug-likeness (QED) is 0.918. The fraction of sp³-hybridized carbons (Fsp3) is 0.562. The van der Waals surface area contributed by atoms with Crippen molar-refractivity contribution >= 4 is 5.91 Å². The monoisotopic (exact) mass is 331 g/mol. The van der Waals surface area contributed by atoms with E-state index in [1.807, 2.05) is 0 Å². The van der Waals surface area contributed by atoms with Gasteiger partial charge in [0.05, 0.1) is 25.7 Å². The van der Waals surface area contributed by atoms with E-state index in [1.54, 1.807) is 12.1 Å². The number of halogens is 3. The highest BCUT2D eigenvalue weighted by atomic mass is 19.4. The molecule has 128 valence electrons. The van der Waals surface area contributed by atoms with E-state index in [4.69, 9.17) is 9.47 Å². The molecule has 4 nitrogen and oxygen atoms in total. The van der Waals surface area contributed by atoms with E-state index in [0.717, 1.165) is 0 Å². The highest BCUT2D eigenvalue weighted by Crippen LogP contribution is 2.38. The lowest BCUT2D eigenvalue weighted by Crippen LogP contribution is -2.47. The molecular formula is C16H20F3NO3. The second-order valence-electron chi connectivity index (χ2n) is 5.58. The van der Waals surface area contributed by atoms with Gasteiger partial charge in [0.1, 0.15) is 11.5 Å². The van der Waals surface area contributed by atoms with Crippen molar-refractivity contribution in [2.45, 2.75) is 37.9 Å². The second-order valence-corrected chi connectivity index (χ2v) is 5.58. The van der Waals surface area contributed by atoms with Crippen molar-refractivity contribution in [2.24, 2.45) is 5.92 Å². The van der Waals surface area contributed by atoms with Crippen LogP contribution in [0.1, 0.15) is 36.0 Å². The van der Waals surface area contributed by atoms with Crippen molar-refractivity contribution in [3.8, 4) is 11.5 Å². The van der Waals surface area contributed by atoms with Crippen LogP contribution < -0.4 is 14.8 Å². The van der Waals surface area contributed by atoms with Crippen LogP contribution in [0.15, 0.2) is 18.2 Å². The molecule has 7 heteroatoms. The second kappa shape index (κ2) is 7.10. The van der Waals surface area contributed by atoms with Gasteiger partial charge in [-0.25, -0.2) is 0 Å². The maximum absolute atomic E-state index is 13.1. The first-order chi connectivity index (χ1) is 10.9. The molecule has 2 rings (SSSR count). The molecule has 1 aliphatic carbocycles. The third-order valence-corrected chi connectivity index (χ3v) is 4.15. The number of carbonyl (C=O) groups excluding carboxylic acids is 1. The van der Waals surface area contributed by atoms with Crippen molar-refractivity contribution in [3.05, 3.63) is 23.8 Å². The first kappa shape index (κ1) is 17.4. The number of ether oxygens (including phenoxy) is 2. The van der Waals surface area contributed by atoms with Gasteiger partial charge in [-0.05, 0) is 31.0 Å². The van der Waals surface area contributed by atoms with Gasteiger partial charge in [0.15, 0.2) is 0 Å². The van der Waals surface area contributed by atoms with Crippen LogP contribution in [-0.4, -0.2) is 32.3 Å². The van der Waals surface area contributed by atoms with Crippen LogP contribution in [0.5, 0.6) is 11.5 Å². The SMILES string of the molecule is COc1ccc(OC)c(C(=O)N[C@H]2CCCC[C@H]2C(F)(F)F)c1. The zero-order chi connectivity index (χ0) is 17.0. The topological polar surface area (TPSA) is 47.6 Å². The maximum Gasteiger partial charge on any atom is 0.393 e. The minimum absolute atomic E-state index is 0.0453. The van der Waals surface area contributed by atoms with E-state index in [2.05, 4.69) is 5.32 Å². The Morgan fingerprint density at radius 3 is 2.48 bits per heavy atom. The Bertz CT molecular complexity index is 560. The number of rotatable bonds is 4. The van der Waals surface area contributed by atoms with Crippen LogP contribution in [0.3, 0.4) is 0 Å². The summed E-state index contributed by atoms with van der Waals surface area (Å²) in [6.07, 6.45) is -2.74. The molecule has 1 aromatic carbocycles. The Kier molecular flexibility index (Phi) is 5.38. The van der Waals surface area contributed by atoms with Crippen molar-refractivity contribution in [3.63, 3.8) is 0 Å². The van der Waals surface area contributed by atoms with E-state index in [0.29, 0.717) is 30.8 Å². The molecule has 0 spiro atoms. The summed E-state index contributed by atoms with van der Waals surface area (Å²) in [5, 5.41) is 2.52. The summed E-state index contributed by atoms with van der Waals surface area (Å²) in [4.78, 5) is 12.4. The number of hydrogen-bond donors (Lipinski definition) is 1. The van der Waals surface area contributed by atoms with Gasteiger partial charge in [-0.1, -0.05) is 12.8 Å². The van der Waals surface area contributed by atoms with Gasteiger partial charge in [0, 0.05) is 6.04 Å². The van der Waals surface area contributed by atoms with Gasteiger partial charge in [-0.2, -0.15) is 13.2 Å². The van der Waals surface area contributed by atoms with Gasteiger partial charge >= 0.3 is 6.18 Å². The fourth-order valence-electron chi connectivity index (χ4n) is 2.93. The number of amides is 1. The summed E-state index contributed by atoms with van der Waals surface area (Å²) in [6.45, 7) is 0. The molecule has 0 radical (unpaired) electrons. The van der Waals surface area contributed by atoms with E-state index in [-0.39, 0.29) is 12.0 Å². The van der Waals surface area contributed by atoms with E-state index in [1.165, 1.54) is 20.3 Å². The Balaban J connectivity index is 2.20. The van der Waals surface area contributed by atoms with Gasteiger partial charge < -0.3 is 14.8 Å². The Labute approximate surface area is 133 Å². The van der Waals surface area contributed by atoms with Crippen LogP contribution >= 0.6 is 0 Å². The number of nitrogens with one attached hydrogen (secondary N) is 1. The predicted octanol–water partition coefficient (Wildman–Crippen LogP) is 3.55. The zero-order valence-electron chi connectivity index (χ0n) is 13.1. The normalized spacial score (nSPS) is 21.6. The first-order valence-electron chi connectivity index (χ1n) is 7.46. The van der Waals surface area contributed by atoms with Gasteiger partial charge in [-0.3, -0.25) is 4.79 Å². The molecule has 1 aromatic rings. The molecule has 1 fully saturated rings. The molecule has 0 aliphatic heterocycles. The lowest BCUT2D eigenvalue weighted by molar-refractivity contribution is -0.187. The standard InChI is InChI=1S/C16H20F3NO3/c1-22-10-7-8-14(23-2)11(9-10)15(21)20-13-6-4-3-5-12(13)16(17,18)19/h7-9,12-13H,3-6H2,1-2H3,(H,20,21)/t12-,13+/m1/s1. The molecule has 1 N–H and O–H groups in total. The van der Waals surface area contributed by atoms with Crippen LogP contribution in [0.2, 0.25) is 0 Å². The first-order valence-corrected chi connectivity index (χ1v) is 7.46. The molecule has 1 amide bonds. The number of methoxy groups -OCH3 is 2. The molecule has 1 aliphatic rings. The summed E-state index contributed by atoms with van der Waals surface area (Å²) < 4.78 is 49.5. The average molecular weight is 331 g/mol. The van der Waals surface area contributed by atoms with Crippen LogP contribution in [-0.2, 0) is 0 Å². The molecule has 0 heterocycles. The molecule has 0 aromatic heterocycles. The highest BCUT2D eigenvalue weighted by molar-refractivity contribution is 5.97. The molecule has 0 bridgehead atoms. The van der Waals surface area contributed by atoms with Crippen LogP contribution in [0.4, 0.5) is 13.2 Å². The predicted molar refractivity (Wildman–Crippen MR) is 78.8 cm³/mol. The summed E-state index contributed by atoms with van der Waals surface area (Å²) in [5.41, 5.74) is 0.165. The minimum atomic E-state index is -4.31. The molecule has 23 heavy (non-hydrogen) atoms. The zero-order valence-corrected chi connectivity index (χ0v) is 13.1. The van der Waals surface area contributed by atoms with Crippen LogP contribution in [0.25, 0.3) is 0 Å². The summed E-state index contributed by atoms with van der Waals surface area (Å²) in [6, 6.07) is 3.72. The number of hydrogen-bond acceptors (Lipinski definition) is 3. The van der Waals surface area contributed by atoms with E-state index < -0.39 is 24.0 Å². The molecule has 2 atom stereocenters. The van der Waals surface area contributed by atoms with E-state index in [9.17, 15) is 18.0 Å². The third kappa shape index (κ3) is 4.09. The summed E-state index contributed by atoms with van der Waals surface area (Å²) >= 11 is 0. The number of carbonyl (C=O) groups is 1. The average Bonchev–Trinajstić information content (AvgIpc) is 2.53. The lowest BCUT2D eigenvalue weighted by atomic mass is 9.84. The Morgan fingerprint density at radius 1 is 1.17 bits per heavy atom. The summed E-state index contributed by atoms with van der Waals surface area (Å²) in [7, 11) is 2.85. The Hall–Kier alpha value is -1.92. The van der Waals surface area contributed by atoms with Gasteiger partial charge in [0.25, 0.3) is 5.91 Å². The Morgan fingerprint density at radius 2 is 1.87 bits per heavy atom. The summed E-state index contributed by atoms with van der Waals surface area (Å²) in [5.74, 6) is -1.35. The van der Waals surface area contributed by atoms with Crippen LogP contribution in [0, 0.1) is 5.92 Å². The fourth-order valence-corrected chi connectivity index (χ4v) is 2.93. The van der Waals surface area contributed by atoms with Crippen molar-refractivity contribution < 1.29 is 27.4 Å². The molecular weight excluding hydrogens is 311 g/mol. The molecule has 1 saturated carbocycles. The maximum atomic E-state index is 13.1. The van der Waals surface area contributed by atoms with Gasteiger partial charge in [0.2, 0.25) is 0 Å². The van der Waals surface area contributed by atoms with Crippen molar-refractivity contribution in [1.29, 1.82) is 0 Å². The molecule has 0 unspecified atom stereocenters. The van der Waals surface area contributed by atoms with Crippen molar-refractivity contribution in [1.82, 2.24) is 5.32 Å². The largest absolute Gasteiger partial charge is 0.497 e. The number of alkyl halides is 3. The third-order valence-electron chi connectivity index (χ3n) is 4.15. The van der Waals surface area contributed by atoms with Gasteiger partial charge in [-0.15, -0.1) is 0 Å². The highest BCUT2D eigenvalue weighted by Gasteiger charge is 2.46. The smallest absolute Gasteiger partial charge is 0.393 e.